The number of halogens is 1. The minimum Gasteiger partial charge on any atom is -0.318 e. The Morgan fingerprint density at radius 2 is 1.68 bits per heavy atom. The molecule has 0 radical (unpaired) electrons. The van der Waals surface area contributed by atoms with Gasteiger partial charge in [-0.3, -0.25) is 9.59 Å². The third kappa shape index (κ3) is 5.65. The molecule has 0 atom stereocenters. The van der Waals surface area contributed by atoms with Crippen molar-refractivity contribution in [2.24, 2.45) is 5.10 Å². The zero-order valence-electron chi connectivity index (χ0n) is 18.4. The van der Waals surface area contributed by atoms with E-state index in [1.807, 2.05) is 79.9 Å². The van der Waals surface area contributed by atoms with Gasteiger partial charge in [-0.1, -0.05) is 65.3 Å². The number of anilines is 1. The fourth-order valence-corrected chi connectivity index (χ4v) is 3.51. The van der Waals surface area contributed by atoms with Crippen LogP contribution in [-0.2, 0) is 16.0 Å². The number of aromatic nitrogens is 2. The monoisotopic (exact) mass is 515 g/mol. The van der Waals surface area contributed by atoms with Crippen molar-refractivity contribution in [2.45, 2.75) is 13.3 Å². The van der Waals surface area contributed by atoms with Crippen LogP contribution >= 0.6 is 15.9 Å². The van der Waals surface area contributed by atoms with Gasteiger partial charge in [0.25, 0.3) is 0 Å². The zero-order chi connectivity index (χ0) is 23.9. The van der Waals surface area contributed by atoms with E-state index in [2.05, 4.69) is 31.8 Å². The zero-order valence-corrected chi connectivity index (χ0v) is 20.0. The lowest BCUT2D eigenvalue weighted by molar-refractivity contribution is -0.136. The predicted octanol–water partition coefficient (Wildman–Crippen LogP) is 4.95. The third-order valence-corrected chi connectivity index (χ3v) is 5.61. The number of carbonyl (C=O) groups excluding carboxylic acids is 2. The van der Waals surface area contributed by atoms with Crippen LogP contribution in [0.3, 0.4) is 0 Å². The van der Waals surface area contributed by atoms with Crippen molar-refractivity contribution in [1.29, 1.82) is 0 Å². The third-order valence-electron chi connectivity index (χ3n) is 5.08. The van der Waals surface area contributed by atoms with Crippen LogP contribution < -0.4 is 10.7 Å². The summed E-state index contributed by atoms with van der Waals surface area (Å²) < 4.78 is 2.70. The summed E-state index contributed by atoms with van der Waals surface area (Å²) in [5.74, 6) is -1.66. The molecule has 170 valence electrons. The fraction of sp³-hybridized carbons (Fsp3) is 0.0769. The van der Waals surface area contributed by atoms with Gasteiger partial charge in [0.15, 0.2) is 0 Å². The first-order valence-electron chi connectivity index (χ1n) is 10.7. The number of para-hydroxylation sites is 1. The summed E-state index contributed by atoms with van der Waals surface area (Å²) in [6.45, 7) is 2.05. The quantitative estimate of drug-likeness (QED) is 0.216. The van der Waals surface area contributed by atoms with Crippen LogP contribution in [0.5, 0.6) is 0 Å². The van der Waals surface area contributed by atoms with Gasteiger partial charge in [-0.2, -0.15) is 10.2 Å². The Morgan fingerprint density at radius 1 is 0.971 bits per heavy atom. The Bertz CT molecular complexity index is 1310. The Balaban J connectivity index is 1.50. The molecule has 34 heavy (non-hydrogen) atoms. The molecule has 4 aromatic rings. The minimum atomic E-state index is -0.864. The molecule has 0 unspecified atom stereocenters. The molecule has 8 heteroatoms. The standard InChI is InChI=1S/C26H22BrN5O2/c1-2-18-8-14-22(15-9-18)29-25(33)26(34)30-28-16-20-17-32(23-6-4-3-5-7-23)31-24(20)19-10-12-21(27)13-11-19/h3-17H,2H2,1H3,(H,29,33)(H,30,34)/b28-16-. The van der Waals surface area contributed by atoms with Gasteiger partial charge < -0.3 is 5.32 Å². The second kappa shape index (κ2) is 10.7. The van der Waals surface area contributed by atoms with Crippen LogP contribution in [0.1, 0.15) is 18.1 Å². The fourth-order valence-electron chi connectivity index (χ4n) is 3.25. The van der Waals surface area contributed by atoms with Crippen molar-refractivity contribution in [3.63, 3.8) is 0 Å². The highest BCUT2D eigenvalue weighted by atomic mass is 79.9. The van der Waals surface area contributed by atoms with Crippen molar-refractivity contribution in [3.05, 3.63) is 101 Å². The Hall–Kier alpha value is -4.04. The summed E-state index contributed by atoms with van der Waals surface area (Å²) in [6.07, 6.45) is 4.19. The Kier molecular flexibility index (Phi) is 7.29. The van der Waals surface area contributed by atoms with E-state index in [-0.39, 0.29) is 0 Å². The highest BCUT2D eigenvalue weighted by molar-refractivity contribution is 9.10. The lowest BCUT2D eigenvalue weighted by atomic mass is 10.1. The number of carbonyl (C=O) groups is 2. The largest absolute Gasteiger partial charge is 0.329 e. The summed E-state index contributed by atoms with van der Waals surface area (Å²) in [6, 6.07) is 24.7. The highest BCUT2D eigenvalue weighted by Crippen LogP contribution is 2.24. The lowest BCUT2D eigenvalue weighted by Crippen LogP contribution is -2.32. The molecule has 0 saturated heterocycles. The molecule has 1 heterocycles. The number of nitrogens with zero attached hydrogens (tertiary/aromatic N) is 3. The van der Waals surface area contributed by atoms with Crippen molar-refractivity contribution >= 4 is 39.6 Å². The summed E-state index contributed by atoms with van der Waals surface area (Å²) >= 11 is 3.44. The molecule has 1 aromatic heterocycles. The molecule has 4 rings (SSSR count). The summed E-state index contributed by atoms with van der Waals surface area (Å²) in [7, 11) is 0. The highest BCUT2D eigenvalue weighted by Gasteiger charge is 2.14. The number of hydrogen-bond donors (Lipinski definition) is 2. The van der Waals surface area contributed by atoms with Crippen LogP contribution in [-0.4, -0.2) is 27.8 Å². The van der Waals surface area contributed by atoms with E-state index < -0.39 is 11.8 Å². The topological polar surface area (TPSA) is 88.4 Å². The molecule has 2 N–H and O–H groups in total. The number of nitrogens with one attached hydrogen (secondary N) is 2. The number of rotatable bonds is 6. The smallest absolute Gasteiger partial charge is 0.318 e. The number of hydrazone groups is 1. The van der Waals surface area contributed by atoms with E-state index in [0.29, 0.717) is 16.9 Å². The predicted molar refractivity (Wildman–Crippen MR) is 137 cm³/mol. The van der Waals surface area contributed by atoms with Crippen LogP contribution in [0, 0.1) is 0 Å². The molecule has 0 fully saturated rings. The van der Waals surface area contributed by atoms with E-state index in [1.54, 1.807) is 16.8 Å². The Labute approximate surface area is 205 Å². The van der Waals surface area contributed by atoms with Crippen LogP contribution in [0.2, 0.25) is 0 Å². The maximum absolute atomic E-state index is 12.2. The number of aryl methyl sites for hydroxylation is 1. The molecular weight excluding hydrogens is 494 g/mol. The van der Waals surface area contributed by atoms with Gasteiger partial charge in [-0.25, -0.2) is 10.1 Å². The molecule has 2 amide bonds. The van der Waals surface area contributed by atoms with Crippen molar-refractivity contribution in [2.75, 3.05) is 5.32 Å². The van der Waals surface area contributed by atoms with Gasteiger partial charge in [0, 0.05) is 27.5 Å². The van der Waals surface area contributed by atoms with Crippen LogP contribution in [0.15, 0.2) is 94.6 Å². The van der Waals surface area contributed by atoms with Crippen LogP contribution in [0.25, 0.3) is 16.9 Å². The van der Waals surface area contributed by atoms with E-state index in [1.165, 1.54) is 6.21 Å². The SMILES string of the molecule is CCc1ccc(NC(=O)C(=O)N/N=C\c2cn(-c3ccccc3)nc2-c2ccc(Br)cc2)cc1. The first kappa shape index (κ1) is 23.1. The molecule has 0 aliphatic carbocycles. The van der Waals surface area contributed by atoms with Crippen molar-refractivity contribution in [3.8, 4) is 16.9 Å². The normalized spacial score (nSPS) is 10.9. The van der Waals surface area contributed by atoms with Gasteiger partial charge in [-0.15, -0.1) is 0 Å². The second-order valence-corrected chi connectivity index (χ2v) is 8.34. The number of amides is 2. The van der Waals surface area contributed by atoms with E-state index in [0.717, 1.165) is 27.7 Å². The minimum absolute atomic E-state index is 0.544. The number of hydrogen-bond acceptors (Lipinski definition) is 4. The average Bonchev–Trinajstić information content (AvgIpc) is 3.29. The van der Waals surface area contributed by atoms with Crippen molar-refractivity contribution < 1.29 is 9.59 Å². The average molecular weight is 516 g/mol. The summed E-state index contributed by atoms with van der Waals surface area (Å²) in [4.78, 5) is 24.4. The molecule has 7 nitrogen and oxygen atoms in total. The van der Waals surface area contributed by atoms with Gasteiger partial charge in [0.1, 0.15) is 5.69 Å². The molecular formula is C26H22BrN5O2. The molecule has 0 saturated carbocycles. The van der Waals surface area contributed by atoms with Crippen LogP contribution in [0.4, 0.5) is 5.69 Å². The first-order valence-corrected chi connectivity index (χ1v) is 11.5. The first-order chi connectivity index (χ1) is 16.5. The van der Waals surface area contributed by atoms with E-state index >= 15 is 0 Å². The molecule has 0 bridgehead atoms. The summed E-state index contributed by atoms with van der Waals surface area (Å²) in [5, 5.41) is 11.3. The van der Waals surface area contributed by atoms with Gasteiger partial charge in [0.05, 0.1) is 11.9 Å². The van der Waals surface area contributed by atoms with Gasteiger partial charge in [0.2, 0.25) is 0 Å². The van der Waals surface area contributed by atoms with Gasteiger partial charge in [-0.05, 0) is 48.4 Å². The maximum Gasteiger partial charge on any atom is 0.329 e. The number of benzene rings is 3. The molecule has 3 aromatic carbocycles. The van der Waals surface area contributed by atoms with E-state index in [4.69, 9.17) is 5.10 Å². The molecule has 0 aliphatic rings. The summed E-state index contributed by atoms with van der Waals surface area (Å²) in [5.41, 5.74) is 7.12. The molecule has 0 spiro atoms. The molecule has 0 aliphatic heterocycles. The van der Waals surface area contributed by atoms with Crippen molar-refractivity contribution in [1.82, 2.24) is 15.2 Å². The second-order valence-electron chi connectivity index (χ2n) is 7.42. The lowest BCUT2D eigenvalue weighted by Gasteiger charge is -2.04. The van der Waals surface area contributed by atoms with E-state index in [9.17, 15) is 9.59 Å². The van der Waals surface area contributed by atoms with Gasteiger partial charge >= 0.3 is 11.8 Å². The maximum atomic E-state index is 12.2. The Morgan fingerprint density at radius 3 is 2.35 bits per heavy atom.